The van der Waals surface area contributed by atoms with E-state index >= 15 is 0 Å². The van der Waals surface area contributed by atoms with Crippen LogP contribution in [0.3, 0.4) is 0 Å². The molecule has 0 saturated heterocycles. The van der Waals surface area contributed by atoms with E-state index in [1.807, 2.05) is 31.2 Å². The molecule has 0 spiro atoms. The van der Waals surface area contributed by atoms with Gasteiger partial charge in [0.05, 0.1) is 5.52 Å². The molecule has 60 valence electrons. The Hall–Kier alpha value is -1.02. The Kier molecular flexibility index (Phi) is 1.77. The van der Waals surface area contributed by atoms with Crippen molar-refractivity contribution in [1.82, 2.24) is 4.98 Å². The minimum absolute atomic E-state index is 0.986. The predicted molar refractivity (Wildman–Crippen MR) is 53.7 cm³/mol. The van der Waals surface area contributed by atoms with Crippen molar-refractivity contribution >= 4 is 23.5 Å². The second-order valence-corrected chi connectivity index (χ2v) is 3.28. The zero-order valence-corrected chi connectivity index (χ0v) is 7.68. The van der Waals surface area contributed by atoms with Crippen molar-refractivity contribution in [3.8, 4) is 0 Å². The number of aromatic nitrogens is 1. The minimum atomic E-state index is 0.986. The Labute approximate surface area is 76.9 Å². The number of fused-ring (bicyclic) bond motifs is 1. The van der Waals surface area contributed by atoms with Crippen molar-refractivity contribution in [2.75, 3.05) is 0 Å². The van der Waals surface area contributed by atoms with E-state index in [2.05, 4.69) is 23.7 Å². The van der Waals surface area contributed by atoms with Crippen LogP contribution < -0.4 is 0 Å². The van der Waals surface area contributed by atoms with Crippen molar-refractivity contribution in [1.29, 1.82) is 0 Å². The predicted octanol–water partition coefficient (Wildman–Crippen LogP) is 2.83. The van der Waals surface area contributed by atoms with E-state index in [0.717, 1.165) is 21.5 Å². The fraction of sp³-hybridized carbons (Fsp3) is 0.100. The Balaban J connectivity index is 2.86. The van der Waals surface area contributed by atoms with Gasteiger partial charge in [-0.1, -0.05) is 6.07 Å². The minimum Gasteiger partial charge on any atom is -0.253 e. The standard InChI is InChI=1S/C10H9NS/c1-7-5-6-8-9(11-7)3-2-4-10(8)12/h2-6,12H,1H3. The third kappa shape index (κ3) is 1.18. The topological polar surface area (TPSA) is 12.9 Å². The van der Waals surface area contributed by atoms with Gasteiger partial charge in [-0.3, -0.25) is 4.98 Å². The van der Waals surface area contributed by atoms with Gasteiger partial charge in [-0.25, -0.2) is 0 Å². The van der Waals surface area contributed by atoms with E-state index in [0.29, 0.717) is 0 Å². The van der Waals surface area contributed by atoms with Crippen molar-refractivity contribution < 1.29 is 0 Å². The molecule has 1 heterocycles. The largest absolute Gasteiger partial charge is 0.253 e. The summed E-state index contributed by atoms with van der Waals surface area (Å²) in [7, 11) is 0. The molecule has 0 amide bonds. The molecule has 1 aromatic heterocycles. The highest BCUT2D eigenvalue weighted by Gasteiger charge is 1.96. The summed E-state index contributed by atoms with van der Waals surface area (Å²) >= 11 is 4.34. The van der Waals surface area contributed by atoms with Crippen LogP contribution >= 0.6 is 12.6 Å². The molecule has 1 nitrogen and oxygen atoms in total. The van der Waals surface area contributed by atoms with Gasteiger partial charge < -0.3 is 0 Å². The van der Waals surface area contributed by atoms with E-state index < -0.39 is 0 Å². The highest BCUT2D eigenvalue weighted by Crippen LogP contribution is 2.19. The maximum atomic E-state index is 4.39. The van der Waals surface area contributed by atoms with E-state index in [1.54, 1.807) is 0 Å². The van der Waals surface area contributed by atoms with Crippen molar-refractivity contribution in [2.24, 2.45) is 0 Å². The fourth-order valence-corrected chi connectivity index (χ4v) is 1.52. The Morgan fingerprint density at radius 1 is 1.17 bits per heavy atom. The Bertz CT molecular complexity index is 423. The molecule has 0 aliphatic carbocycles. The molecule has 0 radical (unpaired) electrons. The van der Waals surface area contributed by atoms with Crippen LogP contribution in [-0.2, 0) is 0 Å². The molecule has 0 bridgehead atoms. The second-order valence-electron chi connectivity index (χ2n) is 2.80. The van der Waals surface area contributed by atoms with Gasteiger partial charge in [0.2, 0.25) is 0 Å². The van der Waals surface area contributed by atoms with E-state index in [-0.39, 0.29) is 0 Å². The van der Waals surface area contributed by atoms with Crippen molar-refractivity contribution in [3.05, 3.63) is 36.0 Å². The van der Waals surface area contributed by atoms with Gasteiger partial charge in [0, 0.05) is 16.0 Å². The van der Waals surface area contributed by atoms with Crippen LogP contribution in [-0.4, -0.2) is 4.98 Å². The quantitative estimate of drug-likeness (QED) is 0.607. The molecule has 2 heteroatoms. The highest BCUT2D eigenvalue weighted by atomic mass is 32.1. The van der Waals surface area contributed by atoms with Crippen molar-refractivity contribution in [2.45, 2.75) is 11.8 Å². The van der Waals surface area contributed by atoms with Crippen LogP contribution in [0.5, 0.6) is 0 Å². The van der Waals surface area contributed by atoms with Gasteiger partial charge >= 0.3 is 0 Å². The van der Waals surface area contributed by atoms with Gasteiger partial charge in [0.15, 0.2) is 0 Å². The first-order valence-electron chi connectivity index (χ1n) is 3.83. The number of thiol groups is 1. The van der Waals surface area contributed by atoms with Crippen LogP contribution in [0.4, 0.5) is 0 Å². The van der Waals surface area contributed by atoms with Gasteiger partial charge in [0.1, 0.15) is 0 Å². The molecule has 0 fully saturated rings. The Morgan fingerprint density at radius 3 is 2.83 bits per heavy atom. The zero-order valence-electron chi connectivity index (χ0n) is 6.78. The van der Waals surface area contributed by atoms with Crippen LogP contribution in [0.2, 0.25) is 0 Å². The molecular formula is C10H9NS. The number of pyridine rings is 1. The highest BCUT2D eigenvalue weighted by molar-refractivity contribution is 7.80. The van der Waals surface area contributed by atoms with Gasteiger partial charge in [0.25, 0.3) is 0 Å². The fourth-order valence-electron chi connectivity index (χ4n) is 1.24. The summed E-state index contributed by atoms with van der Waals surface area (Å²) in [4.78, 5) is 5.37. The number of aryl methyl sites for hydroxylation is 1. The van der Waals surface area contributed by atoms with Crippen LogP contribution in [0.25, 0.3) is 10.9 Å². The number of benzene rings is 1. The molecule has 0 aliphatic rings. The van der Waals surface area contributed by atoms with Gasteiger partial charge in [-0.15, -0.1) is 12.6 Å². The monoisotopic (exact) mass is 175 g/mol. The summed E-state index contributed by atoms with van der Waals surface area (Å²) in [6.45, 7) is 1.99. The average molecular weight is 175 g/mol. The lowest BCUT2D eigenvalue weighted by molar-refractivity contribution is 1.25. The first kappa shape index (κ1) is 7.62. The molecule has 2 rings (SSSR count). The molecule has 1 aromatic carbocycles. The van der Waals surface area contributed by atoms with E-state index in [9.17, 15) is 0 Å². The lowest BCUT2D eigenvalue weighted by Gasteiger charge is -2.00. The van der Waals surface area contributed by atoms with Crippen LogP contribution in [0.1, 0.15) is 5.69 Å². The zero-order chi connectivity index (χ0) is 8.55. The molecule has 0 unspecified atom stereocenters. The van der Waals surface area contributed by atoms with Gasteiger partial charge in [-0.05, 0) is 31.2 Å². The number of rotatable bonds is 0. The molecule has 0 saturated carbocycles. The summed E-state index contributed by atoms with van der Waals surface area (Å²) < 4.78 is 0. The summed E-state index contributed by atoms with van der Waals surface area (Å²) in [5, 5.41) is 1.12. The summed E-state index contributed by atoms with van der Waals surface area (Å²) in [5.41, 5.74) is 2.06. The number of hydrogen-bond donors (Lipinski definition) is 1. The van der Waals surface area contributed by atoms with Crippen LogP contribution in [0.15, 0.2) is 35.2 Å². The lowest BCUT2D eigenvalue weighted by Crippen LogP contribution is -1.82. The van der Waals surface area contributed by atoms with Gasteiger partial charge in [-0.2, -0.15) is 0 Å². The molecular weight excluding hydrogens is 166 g/mol. The smallest absolute Gasteiger partial charge is 0.0716 e. The normalized spacial score (nSPS) is 10.5. The first-order chi connectivity index (χ1) is 5.77. The molecule has 2 aromatic rings. The molecule has 12 heavy (non-hydrogen) atoms. The maximum Gasteiger partial charge on any atom is 0.0716 e. The maximum absolute atomic E-state index is 4.39. The Morgan fingerprint density at radius 2 is 2.00 bits per heavy atom. The second kappa shape index (κ2) is 2.79. The summed E-state index contributed by atoms with van der Waals surface area (Å²) in [6, 6.07) is 10.0. The van der Waals surface area contributed by atoms with E-state index in [4.69, 9.17) is 0 Å². The van der Waals surface area contributed by atoms with Crippen LogP contribution in [0, 0.1) is 6.92 Å². The van der Waals surface area contributed by atoms with Crippen molar-refractivity contribution in [3.63, 3.8) is 0 Å². The number of nitrogens with zero attached hydrogens (tertiary/aromatic N) is 1. The molecule has 0 atom stereocenters. The van der Waals surface area contributed by atoms with E-state index in [1.165, 1.54) is 0 Å². The number of hydrogen-bond acceptors (Lipinski definition) is 2. The summed E-state index contributed by atoms with van der Waals surface area (Å²) in [6.07, 6.45) is 0. The third-order valence-electron chi connectivity index (χ3n) is 1.85. The molecule has 0 N–H and O–H groups in total. The third-order valence-corrected chi connectivity index (χ3v) is 2.24. The first-order valence-corrected chi connectivity index (χ1v) is 4.27. The lowest BCUT2D eigenvalue weighted by atomic mass is 10.2. The average Bonchev–Trinajstić information content (AvgIpc) is 2.04. The summed E-state index contributed by atoms with van der Waals surface area (Å²) in [5.74, 6) is 0. The molecule has 0 aliphatic heterocycles. The SMILES string of the molecule is Cc1ccc2c(S)cccc2n1.